The lowest BCUT2D eigenvalue weighted by Crippen LogP contribution is -2.16. The number of carbonyl (C=O) groups excluding carboxylic acids is 2. The molecule has 4 rings (SSSR count). The summed E-state index contributed by atoms with van der Waals surface area (Å²) in [6.45, 7) is 1.43. The molecule has 5 heteroatoms. The SMILES string of the molecule is CC(=O)c1oc2ccccc2c1NC(=O)[C@@H]1C[C@H]1c1cccnc1. The first-order valence-electron chi connectivity index (χ1n) is 7.88. The number of amides is 1. The summed E-state index contributed by atoms with van der Waals surface area (Å²) in [5.41, 5.74) is 2.14. The predicted molar refractivity (Wildman–Crippen MR) is 89.9 cm³/mol. The smallest absolute Gasteiger partial charge is 0.228 e. The largest absolute Gasteiger partial charge is 0.451 e. The van der Waals surface area contributed by atoms with Crippen LogP contribution in [0.3, 0.4) is 0 Å². The van der Waals surface area contributed by atoms with E-state index >= 15 is 0 Å². The zero-order chi connectivity index (χ0) is 16.7. The Morgan fingerprint density at radius 1 is 1.21 bits per heavy atom. The van der Waals surface area contributed by atoms with E-state index < -0.39 is 0 Å². The van der Waals surface area contributed by atoms with Crippen LogP contribution in [0.2, 0.25) is 0 Å². The maximum atomic E-state index is 12.6. The number of nitrogens with zero attached hydrogens (tertiary/aromatic N) is 1. The number of Topliss-reactive ketones (excluding diaryl/α,β-unsaturated/α-hetero) is 1. The van der Waals surface area contributed by atoms with E-state index in [1.807, 2.05) is 30.3 Å². The van der Waals surface area contributed by atoms with Crippen molar-refractivity contribution in [3.63, 3.8) is 0 Å². The number of benzene rings is 1. The van der Waals surface area contributed by atoms with Crippen molar-refractivity contribution in [3.8, 4) is 0 Å². The van der Waals surface area contributed by atoms with Crippen LogP contribution in [0, 0.1) is 5.92 Å². The number of para-hydroxylation sites is 1. The number of hydrogen-bond acceptors (Lipinski definition) is 4. The van der Waals surface area contributed by atoms with Crippen LogP contribution in [0.25, 0.3) is 11.0 Å². The second kappa shape index (κ2) is 5.60. The number of ketones is 1. The molecule has 5 nitrogen and oxygen atoms in total. The number of anilines is 1. The Bertz CT molecular complexity index is 930. The maximum absolute atomic E-state index is 12.6. The molecule has 0 radical (unpaired) electrons. The number of carbonyl (C=O) groups is 2. The molecule has 2 atom stereocenters. The molecule has 1 amide bonds. The maximum Gasteiger partial charge on any atom is 0.228 e. The second-order valence-electron chi connectivity index (χ2n) is 6.08. The van der Waals surface area contributed by atoms with Crippen molar-refractivity contribution >= 4 is 28.3 Å². The molecule has 2 aromatic heterocycles. The number of nitrogens with one attached hydrogen (secondary N) is 1. The van der Waals surface area contributed by atoms with Crippen molar-refractivity contribution in [1.29, 1.82) is 0 Å². The van der Waals surface area contributed by atoms with Crippen molar-refractivity contribution in [2.24, 2.45) is 5.92 Å². The van der Waals surface area contributed by atoms with Crippen LogP contribution < -0.4 is 5.32 Å². The van der Waals surface area contributed by atoms with Gasteiger partial charge in [0.25, 0.3) is 0 Å². The van der Waals surface area contributed by atoms with E-state index in [0.717, 1.165) is 17.4 Å². The third kappa shape index (κ3) is 2.48. The Kier molecular flexibility index (Phi) is 3.41. The monoisotopic (exact) mass is 320 g/mol. The van der Waals surface area contributed by atoms with E-state index in [2.05, 4.69) is 10.3 Å². The van der Waals surface area contributed by atoms with Crippen LogP contribution in [0.1, 0.15) is 35.4 Å². The summed E-state index contributed by atoms with van der Waals surface area (Å²) < 4.78 is 5.60. The van der Waals surface area contributed by atoms with Crippen molar-refractivity contribution in [3.05, 3.63) is 60.1 Å². The van der Waals surface area contributed by atoms with Crippen LogP contribution in [-0.4, -0.2) is 16.7 Å². The van der Waals surface area contributed by atoms with E-state index in [9.17, 15) is 9.59 Å². The van der Waals surface area contributed by atoms with Gasteiger partial charge >= 0.3 is 0 Å². The highest BCUT2D eigenvalue weighted by Gasteiger charge is 2.44. The van der Waals surface area contributed by atoms with Crippen LogP contribution in [-0.2, 0) is 4.79 Å². The number of aromatic nitrogens is 1. The first-order valence-corrected chi connectivity index (χ1v) is 7.88. The summed E-state index contributed by atoms with van der Waals surface area (Å²) in [5.74, 6) is 0.00227. The fourth-order valence-electron chi connectivity index (χ4n) is 3.08. The minimum absolute atomic E-state index is 0.0853. The van der Waals surface area contributed by atoms with Gasteiger partial charge in [0.2, 0.25) is 5.91 Å². The zero-order valence-corrected chi connectivity index (χ0v) is 13.2. The molecular formula is C19H16N2O3. The Balaban J connectivity index is 1.60. The molecule has 2 heterocycles. The van der Waals surface area contributed by atoms with Gasteiger partial charge in [-0.25, -0.2) is 0 Å². The lowest BCUT2D eigenvalue weighted by molar-refractivity contribution is -0.117. The van der Waals surface area contributed by atoms with E-state index in [-0.39, 0.29) is 29.3 Å². The van der Waals surface area contributed by atoms with Gasteiger partial charge in [0.1, 0.15) is 5.58 Å². The average Bonchev–Trinajstić information content (AvgIpc) is 3.32. The quantitative estimate of drug-likeness (QED) is 0.743. The topological polar surface area (TPSA) is 72.2 Å². The molecule has 0 bridgehead atoms. The Morgan fingerprint density at radius 2 is 2.04 bits per heavy atom. The molecule has 0 saturated heterocycles. The average molecular weight is 320 g/mol. The highest BCUT2D eigenvalue weighted by Crippen LogP contribution is 2.48. The van der Waals surface area contributed by atoms with Crippen LogP contribution in [0.5, 0.6) is 0 Å². The van der Waals surface area contributed by atoms with Gasteiger partial charge < -0.3 is 9.73 Å². The Hall–Kier alpha value is -2.95. The number of hydrogen-bond donors (Lipinski definition) is 1. The highest BCUT2D eigenvalue weighted by molar-refractivity contribution is 6.11. The fraction of sp³-hybridized carbons (Fsp3) is 0.211. The molecule has 24 heavy (non-hydrogen) atoms. The molecule has 0 aliphatic heterocycles. The summed E-state index contributed by atoms with van der Waals surface area (Å²) in [6.07, 6.45) is 4.31. The van der Waals surface area contributed by atoms with Crippen molar-refractivity contribution in [2.45, 2.75) is 19.3 Å². The van der Waals surface area contributed by atoms with E-state index in [1.165, 1.54) is 6.92 Å². The molecule has 1 aliphatic carbocycles. The number of rotatable bonds is 4. The van der Waals surface area contributed by atoms with Crippen molar-refractivity contribution < 1.29 is 14.0 Å². The molecule has 1 saturated carbocycles. The van der Waals surface area contributed by atoms with Gasteiger partial charge in [-0.3, -0.25) is 14.6 Å². The number of pyridine rings is 1. The second-order valence-corrected chi connectivity index (χ2v) is 6.08. The predicted octanol–water partition coefficient (Wildman–Crippen LogP) is 3.77. The zero-order valence-electron chi connectivity index (χ0n) is 13.2. The van der Waals surface area contributed by atoms with E-state index in [0.29, 0.717) is 11.3 Å². The van der Waals surface area contributed by atoms with Crippen molar-refractivity contribution in [1.82, 2.24) is 4.98 Å². The molecule has 1 fully saturated rings. The van der Waals surface area contributed by atoms with Crippen LogP contribution >= 0.6 is 0 Å². The third-order valence-electron chi connectivity index (χ3n) is 4.40. The first-order chi connectivity index (χ1) is 11.6. The van der Waals surface area contributed by atoms with Gasteiger partial charge in [-0.2, -0.15) is 0 Å². The summed E-state index contributed by atoms with van der Waals surface area (Å²) in [4.78, 5) is 28.5. The van der Waals surface area contributed by atoms with Gasteiger partial charge in [-0.1, -0.05) is 18.2 Å². The van der Waals surface area contributed by atoms with E-state index in [4.69, 9.17) is 4.42 Å². The van der Waals surface area contributed by atoms with Crippen LogP contribution in [0.4, 0.5) is 5.69 Å². The third-order valence-corrected chi connectivity index (χ3v) is 4.40. The van der Waals surface area contributed by atoms with Crippen molar-refractivity contribution in [2.75, 3.05) is 5.32 Å². The van der Waals surface area contributed by atoms with Crippen LogP contribution in [0.15, 0.2) is 53.2 Å². The van der Waals surface area contributed by atoms with Gasteiger partial charge in [0.05, 0.1) is 5.69 Å². The molecule has 3 aromatic rings. The summed E-state index contributed by atoms with van der Waals surface area (Å²) in [6, 6.07) is 11.2. The molecule has 1 aromatic carbocycles. The Morgan fingerprint density at radius 3 is 2.79 bits per heavy atom. The summed E-state index contributed by atoms with van der Waals surface area (Å²) in [7, 11) is 0. The van der Waals surface area contributed by atoms with Gasteiger partial charge in [0.15, 0.2) is 11.5 Å². The number of fused-ring (bicyclic) bond motifs is 1. The summed E-state index contributed by atoms with van der Waals surface area (Å²) in [5, 5.41) is 3.65. The fourth-order valence-corrected chi connectivity index (χ4v) is 3.08. The number of furan rings is 1. The summed E-state index contributed by atoms with van der Waals surface area (Å²) >= 11 is 0. The lowest BCUT2D eigenvalue weighted by atomic mass is 10.1. The van der Waals surface area contributed by atoms with Gasteiger partial charge in [0, 0.05) is 30.6 Å². The standard InChI is InChI=1S/C19H16N2O3/c1-11(22)18-17(13-6-2-3-7-16(13)24-18)21-19(23)15-9-14(15)12-5-4-8-20-10-12/h2-8,10,14-15H,9H2,1H3,(H,21,23)/t14-,15+/m0/s1. The molecule has 120 valence electrons. The molecule has 0 spiro atoms. The first kappa shape index (κ1) is 14.6. The van der Waals surface area contributed by atoms with Gasteiger partial charge in [-0.15, -0.1) is 0 Å². The Labute approximate surface area is 138 Å². The molecule has 0 unspecified atom stereocenters. The minimum Gasteiger partial charge on any atom is -0.451 e. The van der Waals surface area contributed by atoms with E-state index in [1.54, 1.807) is 18.5 Å². The normalized spacial score (nSPS) is 19.2. The molecule has 1 N–H and O–H groups in total. The minimum atomic E-state index is -0.207. The molecular weight excluding hydrogens is 304 g/mol. The van der Waals surface area contributed by atoms with Gasteiger partial charge in [-0.05, 0) is 36.1 Å². The highest BCUT2D eigenvalue weighted by atomic mass is 16.3. The lowest BCUT2D eigenvalue weighted by Gasteiger charge is -2.05. The molecule has 1 aliphatic rings.